The van der Waals surface area contributed by atoms with Gasteiger partial charge < -0.3 is 4.74 Å². The first kappa shape index (κ1) is 13.1. The summed E-state index contributed by atoms with van der Waals surface area (Å²) in [6.45, 7) is 1.85. The van der Waals surface area contributed by atoms with Gasteiger partial charge in [-0.05, 0) is 19.1 Å². The van der Waals surface area contributed by atoms with Gasteiger partial charge in [-0.1, -0.05) is 6.07 Å². The van der Waals surface area contributed by atoms with Gasteiger partial charge in [0.05, 0.1) is 24.1 Å². The smallest absolute Gasteiger partial charge is 0.212 e. The molecule has 1 aromatic heterocycles. The quantitative estimate of drug-likeness (QED) is 0.800. The third-order valence-electron chi connectivity index (χ3n) is 2.08. The van der Waals surface area contributed by atoms with Gasteiger partial charge in [-0.3, -0.25) is 4.98 Å². The molecular formula is C10H16N2O3S. The van der Waals surface area contributed by atoms with Gasteiger partial charge in [0.15, 0.2) is 0 Å². The summed E-state index contributed by atoms with van der Waals surface area (Å²) in [6.07, 6.45) is 1.62. The van der Waals surface area contributed by atoms with Crippen LogP contribution in [0.2, 0.25) is 0 Å². The minimum Gasteiger partial charge on any atom is -0.383 e. The van der Waals surface area contributed by atoms with Crippen LogP contribution in [0.5, 0.6) is 0 Å². The van der Waals surface area contributed by atoms with Crippen LogP contribution in [0.4, 0.5) is 0 Å². The van der Waals surface area contributed by atoms with Crippen molar-refractivity contribution in [2.45, 2.75) is 13.0 Å². The molecule has 0 fully saturated rings. The summed E-state index contributed by atoms with van der Waals surface area (Å²) in [5.41, 5.74) is 0.654. The van der Waals surface area contributed by atoms with Gasteiger partial charge in [-0.25, -0.2) is 13.1 Å². The van der Waals surface area contributed by atoms with Gasteiger partial charge in [-0.15, -0.1) is 0 Å². The summed E-state index contributed by atoms with van der Waals surface area (Å²) in [7, 11) is -1.74. The zero-order valence-electron chi connectivity index (χ0n) is 9.38. The SMILES string of the molecule is CCS(=O)(=O)N[C@H](COC)c1ccccn1. The minimum absolute atomic E-state index is 0.0417. The van der Waals surface area contributed by atoms with Crippen molar-refractivity contribution in [2.75, 3.05) is 19.5 Å². The van der Waals surface area contributed by atoms with Crippen molar-refractivity contribution < 1.29 is 13.2 Å². The van der Waals surface area contributed by atoms with Gasteiger partial charge in [-0.2, -0.15) is 0 Å². The Morgan fingerprint density at radius 3 is 2.75 bits per heavy atom. The number of pyridine rings is 1. The molecule has 0 saturated heterocycles. The zero-order valence-corrected chi connectivity index (χ0v) is 10.2. The fraction of sp³-hybridized carbons (Fsp3) is 0.500. The van der Waals surface area contributed by atoms with E-state index >= 15 is 0 Å². The van der Waals surface area contributed by atoms with Crippen LogP contribution in [0.3, 0.4) is 0 Å². The van der Waals surface area contributed by atoms with Crippen molar-refractivity contribution in [1.82, 2.24) is 9.71 Å². The molecule has 0 saturated carbocycles. The minimum atomic E-state index is -3.26. The lowest BCUT2D eigenvalue weighted by molar-refractivity contribution is 0.174. The maximum Gasteiger partial charge on any atom is 0.212 e. The number of nitrogens with one attached hydrogen (secondary N) is 1. The summed E-state index contributed by atoms with van der Waals surface area (Å²) >= 11 is 0. The fourth-order valence-electron chi connectivity index (χ4n) is 1.23. The molecule has 90 valence electrons. The molecule has 6 heteroatoms. The van der Waals surface area contributed by atoms with E-state index in [1.54, 1.807) is 25.3 Å². The number of aromatic nitrogens is 1. The van der Waals surface area contributed by atoms with E-state index in [1.807, 2.05) is 6.07 Å². The molecule has 0 radical (unpaired) electrons. The van der Waals surface area contributed by atoms with Crippen LogP contribution in [0.15, 0.2) is 24.4 Å². The molecule has 1 rings (SSSR count). The summed E-state index contributed by atoms with van der Waals surface area (Å²) in [5.74, 6) is 0.0417. The summed E-state index contributed by atoms with van der Waals surface area (Å²) in [5, 5.41) is 0. The van der Waals surface area contributed by atoms with Crippen molar-refractivity contribution in [2.24, 2.45) is 0 Å². The lowest BCUT2D eigenvalue weighted by Gasteiger charge is -2.16. The summed E-state index contributed by atoms with van der Waals surface area (Å²) < 4.78 is 30.5. The molecule has 5 nitrogen and oxygen atoms in total. The van der Waals surface area contributed by atoms with Crippen molar-refractivity contribution >= 4 is 10.0 Å². The van der Waals surface area contributed by atoms with Gasteiger partial charge in [0, 0.05) is 13.3 Å². The lowest BCUT2D eigenvalue weighted by atomic mass is 10.2. The lowest BCUT2D eigenvalue weighted by Crippen LogP contribution is -2.32. The van der Waals surface area contributed by atoms with Crippen LogP contribution in [0.25, 0.3) is 0 Å². The van der Waals surface area contributed by atoms with Crippen molar-refractivity contribution in [1.29, 1.82) is 0 Å². The van der Waals surface area contributed by atoms with E-state index in [2.05, 4.69) is 9.71 Å². The molecule has 0 bridgehead atoms. The molecule has 1 atom stereocenters. The van der Waals surface area contributed by atoms with Crippen molar-refractivity contribution in [3.8, 4) is 0 Å². The molecule has 1 heterocycles. The number of ether oxygens (including phenoxy) is 1. The number of rotatable bonds is 6. The Kier molecular flexibility index (Phi) is 4.85. The first-order valence-electron chi connectivity index (χ1n) is 4.99. The van der Waals surface area contributed by atoms with Crippen LogP contribution < -0.4 is 4.72 Å². The van der Waals surface area contributed by atoms with Crippen LogP contribution in [-0.2, 0) is 14.8 Å². The molecule has 0 aliphatic rings. The van der Waals surface area contributed by atoms with Crippen LogP contribution in [-0.4, -0.2) is 32.9 Å². The Morgan fingerprint density at radius 2 is 2.25 bits per heavy atom. The molecule has 0 aromatic carbocycles. The highest BCUT2D eigenvalue weighted by atomic mass is 32.2. The van der Waals surface area contributed by atoms with Gasteiger partial charge in [0.1, 0.15) is 0 Å². The number of nitrogens with zero attached hydrogens (tertiary/aromatic N) is 1. The predicted octanol–water partition coefficient (Wildman–Crippen LogP) is 0.708. The topological polar surface area (TPSA) is 68.3 Å². The van der Waals surface area contributed by atoms with Gasteiger partial charge in [0.25, 0.3) is 0 Å². The largest absolute Gasteiger partial charge is 0.383 e. The second-order valence-electron chi connectivity index (χ2n) is 3.28. The number of hydrogen-bond donors (Lipinski definition) is 1. The average molecular weight is 244 g/mol. The molecule has 0 amide bonds. The molecule has 0 aliphatic heterocycles. The molecule has 0 aliphatic carbocycles. The number of hydrogen-bond acceptors (Lipinski definition) is 4. The third-order valence-corrected chi connectivity index (χ3v) is 3.48. The van der Waals surface area contributed by atoms with E-state index < -0.39 is 16.1 Å². The zero-order chi connectivity index (χ0) is 12.0. The molecule has 0 unspecified atom stereocenters. The van der Waals surface area contributed by atoms with E-state index in [0.29, 0.717) is 5.69 Å². The highest BCUT2D eigenvalue weighted by Gasteiger charge is 2.18. The second-order valence-corrected chi connectivity index (χ2v) is 5.33. The monoisotopic (exact) mass is 244 g/mol. The predicted molar refractivity (Wildman–Crippen MR) is 61.5 cm³/mol. The molecule has 0 spiro atoms. The van der Waals surface area contributed by atoms with E-state index in [-0.39, 0.29) is 12.4 Å². The Hall–Kier alpha value is -0.980. The van der Waals surface area contributed by atoms with Gasteiger partial charge >= 0.3 is 0 Å². The molecule has 1 N–H and O–H groups in total. The number of sulfonamides is 1. The fourth-order valence-corrected chi connectivity index (χ4v) is 2.02. The second kappa shape index (κ2) is 5.93. The van der Waals surface area contributed by atoms with Crippen LogP contribution in [0.1, 0.15) is 18.7 Å². The van der Waals surface area contributed by atoms with Crippen LogP contribution in [0, 0.1) is 0 Å². The summed E-state index contributed by atoms with van der Waals surface area (Å²) in [4.78, 5) is 4.11. The third kappa shape index (κ3) is 3.88. The standard InChI is InChI=1S/C10H16N2O3S/c1-3-16(13,14)12-10(8-15-2)9-6-4-5-7-11-9/h4-7,10,12H,3,8H2,1-2H3/t10-/m1/s1. The maximum atomic E-state index is 11.5. The molecule has 1 aromatic rings. The Balaban J connectivity index is 2.84. The normalized spacial score (nSPS) is 13.6. The Labute approximate surface area is 95.9 Å². The van der Waals surface area contributed by atoms with E-state index in [0.717, 1.165) is 0 Å². The first-order chi connectivity index (χ1) is 7.59. The average Bonchev–Trinajstić information content (AvgIpc) is 2.29. The highest BCUT2D eigenvalue weighted by Crippen LogP contribution is 2.11. The highest BCUT2D eigenvalue weighted by molar-refractivity contribution is 7.89. The Bertz CT molecular complexity index is 405. The molecular weight excluding hydrogens is 228 g/mol. The molecule has 16 heavy (non-hydrogen) atoms. The van der Waals surface area contributed by atoms with Crippen LogP contribution >= 0.6 is 0 Å². The van der Waals surface area contributed by atoms with E-state index in [1.165, 1.54) is 7.11 Å². The summed E-state index contributed by atoms with van der Waals surface area (Å²) in [6, 6.07) is 4.92. The maximum absolute atomic E-state index is 11.5. The van der Waals surface area contributed by atoms with Crippen molar-refractivity contribution in [3.63, 3.8) is 0 Å². The van der Waals surface area contributed by atoms with E-state index in [4.69, 9.17) is 4.74 Å². The number of methoxy groups -OCH3 is 1. The van der Waals surface area contributed by atoms with E-state index in [9.17, 15) is 8.42 Å². The van der Waals surface area contributed by atoms with Crippen molar-refractivity contribution in [3.05, 3.63) is 30.1 Å². The Morgan fingerprint density at radius 1 is 1.50 bits per heavy atom. The first-order valence-corrected chi connectivity index (χ1v) is 6.64. The van der Waals surface area contributed by atoms with Gasteiger partial charge in [0.2, 0.25) is 10.0 Å².